The number of hydrogen-bond donors (Lipinski definition) is 3. The van der Waals surface area contributed by atoms with E-state index in [1.807, 2.05) is 24.3 Å². The smallest absolute Gasteiger partial charge is 0.191 e. The van der Waals surface area contributed by atoms with E-state index in [9.17, 15) is 5.11 Å². The predicted molar refractivity (Wildman–Crippen MR) is 93.9 cm³/mol. The van der Waals surface area contributed by atoms with Crippen molar-refractivity contribution in [1.82, 2.24) is 10.6 Å². The third-order valence-corrected chi connectivity index (χ3v) is 4.19. The van der Waals surface area contributed by atoms with Gasteiger partial charge >= 0.3 is 0 Å². The van der Waals surface area contributed by atoms with Crippen LogP contribution in [0.15, 0.2) is 29.3 Å². The lowest BCUT2D eigenvalue weighted by Gasteiger charge is -2.25. The van der Waals surface area contributed by atoms with Crippen molar-refractivity contribution in [2.24, 2.45) is 4.99 Å². The lowest BCUT2D eigenvalue weighted by Crippen LogP contribution is -2.44. The number of guanidine groups is 1. The molecule has 0 aliphatic heterocycles. The van der Waals surface area contributed by atoms with Crippen LogP contribution in [0.5, 0.6) is 5.75 Å². The maximum atomic E-state index is 10.3. The largest absolute Gasteiger partial charge is 0.497 e. The van der Waals surface area contributed by atoms with E-state index in [-0.39, 0.29) is 0 Å². The monoisotopic (exact) mass is 319 g/mol. The van der Waals surface area contributed by atoms with Crippen molar-refractivity contribution in [2.45, 2.75) is 51.2 Å². The van der Waals surface area contributed by atoms with Crippen LogP contribution in [-0.4, -0.2) is 37.3 Å². The molecule has 0 saturated heterocycles. The van der Waals surface area contributed by atoms with Crippen LogP contribution in [0, 0.1) is 0 Å². The topological polar surface area (TPSA) is 65.9 Å². The first kappa shape index (κ1) is 17.6. The summed E-state index contributed by atoms with van der Waals surface area (Å²) in [6.45, 7) is 3.19. The molecule has 2 rings (SSSR count). The van der Waals surface area contributed by atoms with Crippen molar-refractivity contribution in [3.05, 3.63) is 29.8 Å². The van der Waals surface area contributed by atoms with Crippen LogP contribution in [0.2, 0.25) is 0 Å². The molecule has 0 bridgehead atoms. The molecule has 1 aromatic rings. The van der Waals surface area contributed by atoms with Crippen LogP contribution in [0.3, 0.4) is 0 Å². The molecule has 0 spiro atoms. The summed E-state index contributed by atoms with van der Waals surface area (Å²) in [5.74, 6) is 1.54. The van der Waals surface area contributed by atoms with E-state index >= 15 is 0 Å². The Morgan fingerprint density at radius 3 is 2.83 bits per heavy atom. The summed E-state index contributed by atoms with van der Waals surface area (Å²) < 4.78 is 5.20. The second kappa shape index (κ2) is 9.40. The van der Waals surface area contributed by atoms with E-state index in [0.717, 1.165) is 23.8 Å². The number of nitrogens with one attached hydrogen (secondary N) is 2. The van der Waals surface area contributed by atoms with E-state index in [1.54, 1.807) is 7.11 Å². The molecule has 1 aliphatic rings. The molecule has 5 heteroatoms. The molecule has 0 heterocycles. The summed E-state index contributed by atoms with van der Waals surface area (Å²) in [5, 5.41) is 17.1. The van der Waals surface area contributed by atoms with Crippen LogP contribution in [0.25, 0.3) is 0 Å². The number of aliphatic hydroxyl groups is 1. The Balaban J connectivity index is 1.95. The van der Waals surface area contributed by atoms with Crippen molar-refractivity contribution in [3.63, 3.8) is 0 Å². The fraction of sp³-hybridized carbons (Fsp3) is 0.611. The molecule has 0 aromatic heterocycles. The van der Waals surface area contributed by atoms with Crippen LogP contribution < -0.4 is 15.4 Å². The Bertz CT molecular complexity index is 499. The van der Waals surface area contributed by atoms with Crippen molar-refractivity contribution in [2.75, 3.05) is 20.2 Å². The van der Waals surface area contributed by atoms with Gasteiger partial charge in [-0.25, -0.2) is 0 Å². The summed E-state index contributed by atoms with van der Waals surface area (Å²) in [5.41, 5.74) is 0.821. The predicted octanol–water partition coefficient (Wildman–Crippen LogP) is 2.62. The molecular formula is C18H29N3O2. The first-order valence-electron chi connectivity index (χ1n) is 8.59. The number of nitrogens with zero attached hydrogens (tertiary/aromatic N) is 1. The third-order valence-electron chi connectivity index (χ3n) is 4.19. The molecule has 0 amide bonds. The summed E-state index contributed by atoms with van der Waals surface area (Å²) >= 11 is 0. The SMILES string of the molecule is CCNC(=NCC(O)c1cccc(OC)c1)NC1CCCCC1. The number of aliphatic imine (C=N–C) groups is 1. The molecule has 1 unspecified atom stereocenters. The minimum absolute atomic E-state index is 0.329. The van der Waals surface area contributed by atoms with Gasteiger partial charge in [-0.05, 0) is 37.5 Å². The highest BCUT2D eigenvalue weighted by Crippen LogP contribution is 2.20. The van der Waals surface area contributed by atoms with Gasteiger partial charge in [0, 0.05) is 12.6 Å². The minimum atomic E-state index is -0.632. The van der Waals surface area contributed by atoms with Gasteiger partial charge in [0.25, 0.3) is 0 Å². The quantitative estimate of drug-likeness (QED) is 0.557. The molecule has 1 fully saturated rings. The molecular weight excluding hydrogens is 290 g/mol. The highest BCUT2D eigenvalue weighted by molar-refractivity contribution is 5.80. The van der Waals surface area contributed by atoms with E-state index in [0.29, 0.717) is 12.6 Å². The zero-order chi connectivity index (χ0) is 16.5. The van der Waals surface area contributed by atoms with Gasteiger partial charge in [0.15, 0.2) is 5.96 Å². The summed E-state index contributed by atoms with van der Waals surface area (Å²) in [6, 6.07) is 7.99. The molecule has 1 aliphatic carbocycles. The Morgan fingerprint density at radius 1 is 1.35 bits per heavy atom. The van der Waals surface area contributed by atoms with Crippen molar-refractivity contribution >= 4 is 5.96 Å². The maximum absolute atomic E-state index is 10.3. The minimum Gasteiger partial charge on any atom is -0.497 e. The van der Waals surface area contributed by atoms with Crippen LogP contribution in [-0.2, 0) is 0 Å². The molecule has 0 radical (unpaired) electrons. The van der Waals surface area contributed by atoms with E-state index in [4.69, 9.17) is 4.74 Å². The van der Waals surface area contributed by atoms with Gasteiger partial charge < -0.3 is 20.5 Å². The van der Waals surface area contributed by atoms with Gasteiger partial charge in [-0.2, -0.15) is 0 Å². The molecule has 1 atom stereocenters. The average Bonchev–Trinajstić information content (AvgIpc) is 2.60. The third kappa shape index (κ3) is 5.75. The number of benzene rings is 1. The highest BCUT2D eigenvalue weighted by Gasteiger charge is 2.15. The van der Waals surface area contributed by atoms with Gasteiger partial charge in [-0.3, -0.25) is 4.99 Å². The summed E-state index contributed by atoms with van der Waals surface area (Å²) in [6.07, 6.45) is 5.66. The zero-order valence-corrected chi connectivity index (χ0v) is 14.2. The molecule has 3 N–H and O–H groups in total. The van der Waals surface area contributed by atoms with Crippen LogP contribution in [0.4, 0.5) is 0 Å². The van der Waals surface area contributed by atoms with E-state index in [2.05, 4.69) is 22.5 Å². The Labute approximate surface area is 139 Å². The number of methoxy groups -OCH3 is 1. The van der Waals surface area contributed by atoms with E-state index in [1.165, 1.54) is 32.1 Å². The fourth-order valence-corrected chi connectivity index (χ4v) is 2.89. The van der Waals surface area contributed by atoms with Crippen LogP contribution in [0.1, 0.15) is 50.7 Å². The van der Waals surface area contributed by atoms with Gasteiger partial charge in [0.05, 0.1) is 19.8 Å². The second-order valence-corrected chi connectivity index (χ2v) is 5.99. The first-order valence-corrected chi connectivity index (χ1v) is 8.59. The molecule has 5 nitrogen and oxygen atoms in total. The average molecular weight is 319 g/mol. The van der Waals surface area contributed by atoms with Crippen LogP contribution >= 0.6 is 0 Å². The standard InChI is InChI=1S/C18H29N3O2/c1-3-19-18(21-15-9-5-4-6-10-15)20-13-17(22)14-8-7-11-16(12-14)23-2/h7-8,11-12,15,17,22H,3-6,9-10,13H2,1-2H3,(H2,19,20,21). The molecule has 23 heavy (non-hydrogen) atoms. The Kier molecular flexibility index (Phi) is 7.20. The molecule has 1 saturated carbocycles. The number of ether oxygens (including phenoxy) is 1. The van der Waals surface area contributed by atoms with Gasteiger partial charge in [-0.1, -0.05) is 31.4 Å². The highest BCUT2D eigenvalue weighted by atomic mass is 16.5. The lowest BCUT2D eigenvalue weighted by molar-refractivity contribution is 0.186. The maximum Gasteiger partial charge on any atom is 0.191 e. The lowest BCUT2D eigenvalue weighted by atomic mass is 9.96. The molecule has 1 aromatic carbocycles. The first-order chi connectivity index (χ1) is 11.2. The second-order valence-electron chi connectivity index (χ2n) is 5.99. The van der Waals surface area contributed by atoms with Gasteiger partial charge in [0.2, 0.25) is 0 Å². The Hall–Kier alpha value is -1.75. The zero-order valence-electron chi connectivity index (χ0n) is 14.2. The van der Waals surface area contributed by atoms with Gasteiger partial charge in [-0.15, -0.1) is 0 Å². The molecule has 128 valence electrons. The normalized spacial score (nSPS) is 17.6. The van der Waals surface area contributed by atoms with Crippen molar-refractivity contribution in [3.8, 4) is 5.75 Å². The number of rotatable bonds is 6. The fourth-order valence-electron chi connectivity index (χ4n) is 2.89. The summed E-state index contributed by atoms with van der Waals surface area (Å²) in [7, 11) is 1.63. The van der Waals surface area contributed by atoms with Gasteiger partial charge in [0.1, 0.15) is 5.75 Å². The summed E-state index contributed by atoms with van der Waals surface area (Å²) in [4.78, 5) is 4.54. The number of aliphatic hydroxyl groups excluding tert-OH is 1. The van der Waals surface area contributed by atoms with E-state index < -0.39 is 6.10 Å². The number of hydrogen-bond acceptors (Lipinski definition) is 3. The van der Waals surface area contributed by atoms with Crippen molar-refractivity contribution in [1.29, 1.82) is 0 Å². The Morgan fingerprint density at radius 2 is 2.13 bits per heavy atom. The van der Waals surface area contributed by atoms with Crippen molar-refractivity contribution < 1.29 is 9.84 Å².